The van der Waals surface area contributed by atoms with Gasteiger partial charge in [-0.05, 0) is 22.3 Å². The number of rotatable bonds is 9. The van der Waals surface area contributed by atoms with Crippen molar-refractivity contribution in [2.45, 2.75) is 53.4 Å². The summed E-state index contributed by atoms with van der Waals surface area (Å²) in [6.07, 6.45) is 0. The molecule has 0 amide bonds. The molecule has 0 spiro atoms. The third kappa shape index (κ3) is 8.63. The van der Waals surface area contributed by atoms with Crippen LogP contribution >= 0.6 is 0 Å². The highest BCUT2D eigenvalue weighted by Gasteiger charge is 2.25. The number of benzene rings is 4. The Kier molecular flexibility index (Phi) is 13.5. The summed E-state index contributed by atoms with van der Waals surface area (Å²) in [5, 5.41) is 0. The van der Waals surface area contributed by atoms with Gasteiger partial charge in [0.2, 0.25) is 5.94 Å². The van der Waals surface area contributed by atoms with Crippen molar-refractivity contribution in [3.63, 3.8) is 0 Å². The van der Waals surface area contributed by atoms with Crippen LogP contribution in [0.25, 0.3) is 0 Å². The molecule has 0 aromatic heterocycles. The minimum atomic E-state index is -4.33. The maximum Gasteiger partial charge on any atom is 0.300 e. The summed E-state index contributed by atoms with van der Waals surface area (Å²) in [5.41, 5.74) is 6.29. The summed E-state index contributed by atoms with van der Waals surface area (Å²) in [4.78, 5) is 8.00. The molecule has 40 heavy (non-hydrogen) atoms. The first-order valence-corrected chi connectivity index (χ1v) is 14.0. The van der Waals surface area contributed by atoms with E-state index in [9.17, 15) is 13.0 Å². The van der Waals surface area contributed by atoms with Crippen LogP contribution in [0.3, 0.4) is 0 Å². The summed E-state index contributed by atoms with van der Waals surface area (Å²) in [6.45, 7) is 8.37. The highest BCUT2D eigenvalue weighted by molar-refractivity contribution is 7.85. The number of ether oxygens (including phenoxy) is 1. The Morgan fingerprint density at radius 2 is 0.950 bits per heavy atom. The van der Waals surface area contributed by atoms with Gasteiger partial charge < -0.3 is 9.53 Å². The predicted molar refractivity (Wildman–Crippen MR) is 166 cm³/mol. The van der Waals surface area contributed by atoms with Crippen LogP contribution in [0.15, 0.2) is 103 Å². The number of carbonyl (C=O) groups excluding carboxylic acids is 1. The molecular weight excluding hydrogens is 520 g/mol. The van der Waals surface area contributed by atoms with Crippen LogP contribution in [0.5, 0.6) is 5.75 Å². The normalized spacial score (nSPS) is 12.8. The quantitative estimate of drug-likeness (QED) is 0.207. The van der Waals surface area contributed by atoms with E-state index in [4.69, 9.17) is 9.53 Å². The van der Waals surface area contributed by atoms with Gasteiger partial charge in [-0.1, -0.05) is 139 Å². The Balaban J connectivity index is 0.00000196. The van der Waals surface area contributed by atoms with E-state index < -0.39 is 16.1 Å². The van der Waals surface area contributed by atoms with Gasteiger partial charge in [0, 0.05) is 28.9 Å². The Morgan fingerprint density at radius 1 is 0.625 bits per heavy atom. The van der Waals surface area contributed by atoms with Crippen LogP contribution in [0.4, 0.5) is 0 Å². The molecule has 4 aromatic rings. The van der Waals surface area contributed by atoms with Gasteiger partial charge in [0.05, 0.1) is 0 Å². The molecule has 5 nitrogen and oxygen atoms in total. The zero-order valence-corrected chi connectivity index (χ0v) is 22.8. The van der Waals surface area contributed by atoms with Gasteiger partial charge >= 0.3 is 10.1 Å². The molecule has 0 aliphatic heterocycles. The molecule has 3 atom stereocenters. The van der Waals surface area contributed by atoms with Gasteiger partial charge in [0.15, 0.2) is 0 Å². The molecular formula is C34H42O5S. The molecule has 0 fully saturated rings. The van der Waals surface area contributed by atoms with Gasteiger partial charge in [0.1, 0.15) is 12.5 Å². The van der Waals surface area contributed by atoms with Crippen molar-refractivity contribution in [3.05, 3.63) is 137 Å². The number of hydrogen-bond acceptors (Lipinski definition) is 4. The lowest BCUT2D eigenvalue weighted by molar-refractivity contribution is -0.0980. The maximum absolute atomic E-state index is 11.7. The van der Waals surface area contributed by atoms with Crippen LogP contribution < -0.4 is 4.74 Å². The van der Waals surface area contributed by atoms with Gasteiger partial charge in [-0.2, -0.15) is 8.42 Å². The Hall–Kier alpha value is -3.74. The first-order chi connectivity index (χ1) is 18.2. The van der Waals surface area contributed by atoms with Gasteiger partial charge in [-0.25, -0.2) is 0 Å². The molecule has 0 saturated carbocycles. The molecule has 4 rings (SSSR count). The number of carbonyl (C=O) groups is 1. The average molecular weight is 563 g/mol. The SMILES string of the molecule is C.C.C=O.CC(c1ccccc1)c1cc(C(C)c2ccccc2)c(OCS(=O)(=O)O)c(C(C)c2ccccc2)c1. The third-order valence-electron chi connectivity index (χ3n) is 6.85. The van der Waals surface area contributed by atoms with E-state index in [0.717, 1.165) is 27.8 Å². The number of hydrogen-bond donors (Lipinski definition) is 1. The summed E-state index contributed by atoms with van der Waals surface area (Å²) in [7, 11) is -4.33. The molecule has 0 aliphatic carbocycles. The van der Waals surface area contributed by atoms with Crippen molar-refractivity contribution >= 4 is 16.9 Å². The molecule has 6 heteroatoms. The van der Waals surface area contributed by atoms with Crippen LogP contribution in [0.2, 0.25) is 0 Å². The highest BCUT2D eigenvalue weighted by atomic mass is 32.2. The summed E-state index contributed by atoms with van der Waals surface area (Å²) < 4.78 is 38.8. The third-order valence-corrected chi connectivity index (χ3v) is 7.27. The summed E-state index contributed by atoms with van der Waals surface area (Å²) in [5.74, 6) is -0.307. The van der Waals surface area contributed by atoms with Gasteiger partial charge in [-0.15, -0.1) is 0 Å². The second-order valence-electron chi connectivity index (χ2n) is 9.27. The molecule has 3 unspecified atom stereocenters. The van der Waals surface area contributed by atoms with E-state index in [-0.39, 0.29) is 32.6 Å². The smallest absolute Gasteiger partial charge is 0.300 e. The second-order valence-corrected chi connectivity index (χ2v) is 10.7. The fraction of sp³-hybridized carbons (Fsp3) is 0.265. The predicted octanol–water partition coefficient (Wildman–Crippen LogP) is 8.45. The highest BCUT2D eigenvalue weighted by Crippen LogP contribution is 2.42. The topological polar surface area (TPSA) is 80.7 Å². The average Bonchev–Trinajstić information content (AvgIpc) is 2.96. The Bertz CT molecular complexity index is 1340. The Morgan fingerprint density at radius 3 is 1.27 bits per heavy atom. The van der Waals surface area contributed by atoms with Crippen molar-refractivity contribution in [2.75, 3.05) is 5.94 Å². The van der Waals surface area contributed by atoms with Crippen molar-refractivity contribution in [1.82, 2.24) is 0 Å². The Labute approximate surface area is 240 Å². The molecule has 0 radical (unpaired) electrons. The molecule has 4 aromatic carbocycles. The van der Waals surface area contributed by atoms with E-state index >= 15 is 0 Å². The van der Waals surface area contributed by atoms with Crippen molar-refractivity contribution in [1.29, 1.82) is 0 Å². The monoisotopic (exact) mass is 562 g/mol. The lowest BCUT2D eigenvalue weighted by atomic mass is 9.81. The lowest BCUT2D eigenvalue weighted by Gasteiger charge is -2.26. The zero-order valence-electron chi connectivity index (χ0n) is 21.9. The molecule has 0 saturated heterocycles. The first-order valence-electron chi connectivity index (χ1n) is 12.4. The standard InChI is InChI=1S/C31H32O4S.CH2O.2CH4/c1-22(25-13-7-4-8-14-25)28-19-29(23(2)26-15-9-5-10-16-26)31(35-21-36(32,33)34)30(20-28)24(3)27-17-11-6-12-18-27;1-2;;/h4-20,22-24H,21H2,1-3H3,(H,32,33,34);1H2;2*1H4. The molecule has 214 valence electrons. The van der Waals surface area contributed by atoms with E-state index in [2.05, 4.69) is 69.3 Å². The first kappa shape index (κ1) is 34.3. The van der Waals surface area contributed by atoms with Gasteiger partial charge in [-0.3, -0.25) is 4.55 Å². The van der Waals surface area contributed by atoms with E-state index in [0.29, 0.717) is 5.75 Å². The fourth-order valence-electron chi connectivity index (χ4n) is 4.67. The summed E-state index contributed by atoms with van der Waals surface area (Å²) in [6, 6.07) is 34.7. The zero-order chi connectivity index (χ0) is 27.7. The van der Waals surface area contributed by atoms with Crippen LogP contribution in [0.1, 0.15) is 86.8 Å². The van der Waals surface area contributed by atoms with E-state index in [1.807, 2.05) is 61.4 Å². The fourth-order valence-corrected chi connectivity index (χ4v) is 4.94. The second kappa shape index (κ2) is 15.8. The molecule has 0 heterocycles. The van der Waals surface area contributed by atoms with E-state index in [1.165, 1.54) is 5.56 Å². The van der Waals surface area contributed by atoms with Crippen LogP contribution in [-0.2, 0) is 14.9 Å². The van der Waals surface area contributed by atoms with Crippen LogP contribution in [-0.4, -0.2) is 25.7 Å². The minimum absolute atomic E-state index is 0. The summed E-state index contributed by atoms with van der Waals surface area (Å²) >= 11 is 0. The van der Waals surface area contributed by atoms with E-state index in [1.54, 1.807) is 0 Å². The molecule has 0 aliphatic rings. The van der Waals surface area contributed by atoms with Crippen molar-refractivity contribution < 1.29 is 22.5 Å². The van der Waals surface area contributed by atoms with Gasteiger partial charge in [0.25, 0.3) is 0 Å². The largest absolute Gasteiger partial charge is 0.475 e. The lowest BCUT2D eigenvalue weighted by Crippen LogP contribution is -2.15. The van der Waals surface area contributed by atoms with Crippen molar-refractivity contribution in [3.8, 4) is 5.75 Å². The van der Waals surface area contributed by atoms with Crippen molar-refractivity contribution in [2.24, 2.45) is 0 Å². The molecule has 1 N–H and O–H groups in total. The molecule has 0 bridgehead atoms. The minimum Gasteiger partial charge on any atom is -0.475 e. The maximum atomic E-state index is 11.7. The van der Waals surface area contributed by atoms with Crippen LogP contribution in [0, 0.1) is 0 Å².